The van der Waals surface area contributed by atoms with Gasteiger partial charge in [0.1, 0.15) is 0 Å². The van der Waals surface area contributed by atoms with Crippen LogP contribution in [-0.4, -0.2) is 139 Å². The van der Waals surface area contributed by atoms with Crippen molar-refractivity contribution in [2.24, 2.45) is 0 Å². The second kappa shape index (κ2) is 48.5. The average Bonchev–Trinajstić information content (AvgIpc) is 3.17. The molecule has 2 amide bonds. The molecule has 4 N–H and O–H groups in total. The zero-order valence-corrected chi connectivity index (χ0v) is 35.5. The largest absolute Gasteiger partial charge is 0.394 e. The van der Waals surface area contributed by atoms with Crippen LogP contribution in [0.25, 0.3) is 0 Å². The summed E-state index contributed by atoms with van der Waals surface area (Å²) in [6.07, 6.45) is 22.7. The van der Waals surface area contributed by atoms with Crippen molar-refractivity contribution in [3.05, 3.63) is 0 Å². The van der Waals surface area contributed by atoms with E-state index in [1.165, 1.54) is 89.9 Å². The molecule has 0 saturated carbocycles. The molecule has 0 aliphatic carbocycles. The van der Waals surface area contributed by atoms with Crippen molar-refractivity contribution in [3.63, 3.8) is 0 Å². The first kappa shape index (κ1) is 53.3. The summed E-state index contributed by atoms with van der Waals surface area (Å²) in [5, 5.41) is 23.3. The molecule has 0 spiro atoms. The second-order valence-electron chi connectivity index (χ2n) is 13.3. The van der Waals surface area contributed by atoms with E-state index in [2.05, 4.69) is 10.6 Å². The van der Waals surface area contributed by atoms with Crippen LogP contribution in [0.2, 0.25) is 0 Å². The number of ether oxygens (including phenoxy) is 6. The number of carbonyl (C=O) groups excluding carboxylic acids is 2. The molecule has 0 aromatic heterocycles. The Labute approximate surface area is 336 Å². The highest BCUT2D eigenvalue weighted by Crippen LogP contribution is 2.22. The average molecular weight is 813 g/mol. The highest BCUT2D eigenvalue weighted by molar-refractivity contribution is 8.76. The third kappa shape index (κ3) is 47.5. The lowest BCUT2D eigenvalue weighted by Gasteiger charge is -2.07. The van der Waals surface area contributed by atoms with Gasteiger partial charge in [-0.05, 0) is 25.7 Å². The topological polar surface area (TPSA) is 154 Å². The zero-order valence-electron chi connectivity index (χ0n) is 33.8. The Morgan fingerprint density at radius 1 is 0.352 bits per heavy atom. The Hall–Kier alpha value is -0.680. The summed E-state index contributed by atoms with van der Waals surface area (Å²) >= 11 is 0. The summed E-state index contributed by atoms with van der Waals surface area (Å²) < 4.78 is 32.2. The minimum atomic E-state index is 0.0464. The van der Waals surface area contributed by atoms with Crippen LogP contribution in [0, 0.1) is 0 Å². The van der Waals surface area contributed by atoms with Crippen LogP contribution >= 0.6 is 21.6 Å². The fourth-order valence-corrected chi connectivity index (χ4v) is 7.35. The van der Waals surface area contributed by atoms with Crippen molar-refractivity contribution in [2.45, 2.75) is 128 Å². The molecule has 322 valence electrons. The number of rotatable bonds is 47. The zero-order chi connectivity index (χ0) is 39.1. The highest BCUT2D eigenvalue weighted by Gasteiger charge is 2.04. The molecule has 54 heavy (non-hydrogen) atoms. The van der Waals surface area contributed by atoms with Crippen LogP contribution < -0.4 is 10.6 Å². The van der Waals surface area contributed by atoms with E-state index >= 15 is 0 Å². The summed E-state index contributed by atoms with van der Waals surface area (Å²) in [6.45, 7) is 8.42. The van der Waals surface area contributed by atoms with E-state index in [1.54, 1.807) is 21.6 Å². The first-order valence-corrected chi connectivity index (χ1v) is 23.7. The number of aliphatic hydroxyl groups excluding tert-OH is 2. The molecule has 0 radical (unpaired) electrons. The molecule has 0 saturated heterocycles. The molecule has 0 aromatic rings. The smallest absolute Gasteiger partial charge is 0.220 e. The molecule has 0 rings (SSSR count). The highest BCUT2D eigenvalue weighted by atomic mass is 33.1. The molecule has 12 nitrogen and oxygen atoms in total. The number of hydrogen-bond acceptors (Lipinski definition) is 12. The van der Waals surface area contributed by atoms with Crippen molar-refractivity contribution in [2.75, 3.05) is 117 Å². The standard InChI is InChI=1S/C40H80N2O10S2/c43-23-27-49-31-35-51-33-29-47-25-17-13-9-5-1-3-7-11-15-21-41-39(45)19-37-53-54-38-20-40(46)42-22-16-12-8-4-2-6-10-14-18-26-48-30-34-52-36-32-50-28-24-44/h43-44H,1-38H2,(H,41,45)(H,42,46). The molecule has 0 aromatic carbocycles. The lowest BCUT2D eigenvalue weighted by Crippen LogP contribution is -2.24. The molecular formula is C40H80N2O10S2. The predicted octanol–water partition coefficient (Wildman–Crippen LogP) is 6.49. The third-order valence-corrected chi connectivity index (χ3v) is 10.9. The fraction of sp³-hybridized carbons (Fsp3) is 0.950. The summed E-state index contributed by atoms with van der Waals surface area (Å²) in [7, 11) is 3.36. The monoisotopic (exact) mass is 813 g/mol. The van der Waals surface area contributed by atoms with E-state index in [0.717, 1.165) is 63.5 Å². The Kier molecular flexibility index (Phi) is 47.9. The van der Waals surface area contributed by atoms with Gasteiger partial charge in [0, 0.05) is 50.7 Å². The Morgan fingerprint density at radius 3 is 0.926 bits per heavy atom. The van der Waals surface area contributed by atoms with E-state index in [1.807, 2.05) is 0 Å². The van der Waals surface area contributed by atoms with Crippen molar-refractivity contribution in [1.29, 1.82) is 0 Å². The maximum Gasteiger partial charge on any atom is 0.220 e. The summed E-state index contributed by atoms with van der Waals surface area (Å²) in [6, 6.07) is 0. The van der Waals surface area contributed by atoms with Gasteiger partial charge in [-0.1, -0.05) is 111 Å². The van der Waals surface area contributed by atoms with Gasteiger partial charge in [-0.15, -0.1) is 0 Å². The van der Waals surface area contributed by atoms with Gasteiger partial charge in [-0.25, -0.2) is 0 Å². The van der Waals surface area contributed by atoms with E-state index in [-0.39, 0.29) is 25.0 Å². The maximum absolute atomic E-state index is 12.1. The summed E-state index contributed by atoms with van der Waals surface area (Å²) in [5.74, 6) is 1.80. The van der Waals surface area contributed by atoms with Crippen molar-refractivity contribution in [3.8, 4) is 0 Å². The lowest BCUT2D eigenvalue weighted by molar-refractivity contribution is -0.121. The quantitative estimate of drug-likeness (QED) is 0.0393. The number of nitrogens with one attached hydrogen (secondary N) is 2. The second-order valence-corrected chi connectivity index (χ2v) is 16.0. The molecule has 0 heterocycles. The SMILES string of the molecule is O=C(CCSSCCC(=O)NCCCCCCCCCCCOCCOCCOCCO)NCCCCCCCCCCCOCCOCCOCCO. The Bertz CT molecular complexity index is 701. The summed E-state index contributed by atoms with van der Waals surface area (Å²) in [4.78, 5) is 24.2. The lowest BCUT2D eigenvalue weighted by atomic mass is 10.1. The molecule has 0 atom stereocenters. The minimum absolute atomic E-state index is 0.0464. The van der Waals surface area contributed by atoms with Crippen molar-refractivity contribution in [1.82, 2.24) is 10.6 Å². The number of unbranched alkanes of at least 4 members (excludes halogenated alkanes) is 16. The molecular weight excluding hydrogens is 733 g/mol. The summed E-state index contributed by atoms with van der Waals surface area (Å²) in [5.41, 5.74) is 0. The number of hydrogen-bond donors (Lipinski definition) is 4. The van der Waals surface area contributed by atoms with Gasteiger partial charge < -0.3 is 49.3 Å². The van der Waals surface area contributed by atoms with Gasteiger partial charge in [-0.3, -0.25) is 9.59 Å². The van der Waals surface area contributed by atoms with Crippen LogP contribution in [0.4, 0.5) is 0 Å². The third-order valence-electron chi connectivity index (χ3n) is 8.44. The van der Waals surface area contributed by atoms with E-state index in [4.69, 9.17) is 38.6 Å². The van der Waals surface area contributed by atoms with E-state index < -0.39 is 0 Å². The molecule has 0 unspecified atom stereocenters. The van der Waals surface area contributed by atoms with E-state index in [0.29, 0.717) is 78.9 Å². The first-order chi connectivity index (χ1) is 26.7. The number of carbonyl (C=O) groups is 2. The van der Waals surface area contributed by atoms with Gasteiger partial charge in [0.15, 0.2) is 0 Å². The Balaban J connectivity index is 3.23. The van der Waals surface area contributed by atoms with Crippen molar-refractivity contribution >= 4 is 33.4 Å². The van der Waals surface area contributed by atoms with Gasteiger partial charge in [0.2, 0.25) is 11.8 Å². The maximum atomic E-state index is 12.1. The molecule has 14 heteroatoms. The van der Waals surface area contributed by atoms with Gasteiger partial charge in [-0.2, -0.15) is 0 Å². The van der Waals surface area contributed by atoms with Gasteiger partial charge >= 0.3 is 0 Å². The molecule has 0 aliphatic heterocycles. The molecule has 0 aliphatic rings. The first-order valence-electron chi connectivity index (χ1n) is 21.2. The Morgan fingerprint density at radius 2 is 0.611 bits per heavy atom. The number of amides is 2. The van der Waals surface area contributed by atoms with Crippen molar-refractivity contribution < 1.29 is 48.2 Å². The van der Waals surface area contributed by atoms with Gasteiger partial charge in [0.05, 0.1) is 79.3 Å². The van der Waals surface area contributed by atoms with E-state index in [9.17, 15) is 9.59 Å². The van der Waals surface area contributed by atoms with Crippen LogP contribution in [0.3, 0.4) is 0 Å². The predicted molar refractivity (Wildman–Crippen MR) is 222 cm³/mol. The number of aliphatic hydroxyl groups is 2. The molecule has 0 fully saturated rings. The minimum Gasteiger partial charge on any atom is -0.394 e. The van der Waals surface area contributed by atoms with Crippen LogP contribution in [0.15, 0.2) is 0 Å². The fourth-order valence-electron chi connectivity index (χ4n) is 5.36. The molecule has 0 bridgehead atoms. The van der Waals surface area contributed by atoms with Crippen LogP contribution in [0.1, 0.15) is 128 Å². The van der Waals surface area contributed by atoms with Gasteiger partial charge in [0.25, 0.3) is 0 Å². The van der Waals surface area contributed by atoms with Crippen LogP contribution in [0.5, 0.6) is 0 Å². The normalized spacial score (nSPS) is 11.4. The van der Waals surface area contributed by atoms with Crippen LogP contribution in [-0.2, 0) is 38.0 Å².